The SMILES string of the molecule is Cn1cnc2c(F)c(Nc3ccc(I)cc3F)c(C(=O)NCC(N)=O)cc21. The van der Waals surface area contributed by atoms with Gasteiger partial charge in [0.05, 0.1) is 35.3 Å². The van der Waals surface area contributed by atoms with Crippen LogP contribution in [0.5, 0.6) is 0 Å². The van der Waals surface area contributed by atoms with Gasteiger partial charge in [0.2, 0.25) is 5.91 Å². The van der Waals surface area contributed by atoms with E-state index < -0.39 is 30.0 Å². The predicted molar refractivity (Wildman–Crippen MR) is 105 cm³/mol. The molecular weight excluding hydrogens is 471 g/mol. The van der Waals surface area contributed by atoms with Crippen LogP contribution in [-0.2, 0) is 11.8 Å². The molecule has 10 heteroatoms. The standard InChI is InChI=1S/C17H14F2IN5O2/c1-25-7-23-16-12(25)5-9(17(27)22-6-13(21)26)15(14(16)19)24-11-3-2-8(20)4-10(11)18/h2-5,7,24H,6H2,1H3,(H2,21,26)(H,22,27). The number of rotatable bonds is 5. The molecule has 1 heterocycles. The van der Waals surface area contributed by atoms with E-state index >= 15 is 4.39 Å². The maximum Gasteiger partial charge on any atom is 0.254 e. The number of amides is 2. The van der Waals surface area contributed by atoms with Crippen LogP contribution in [-0.4, -0.2) is 27.9 Å². The van der Waals surface area contributed by atoms with Gasteiger partial charge in [0.1, 0.15) is 11.3 Å². The summed E-state index contributed by atoms with van der Waals surface area (Å²) in [4.78, 5) is 27.4. The largest absolute Gasteiger partial charge is 0.368 e. The molecule has 4 N–H and O–H groups in total. The van der Waals surface area contributed by atoms with Gasteiger partial charge in [-0.05, 0) is 46.9 Å². The maximum atomic E-state index is 15.1. The van der Waals surface area contributed by atoms with Gasteiger partial charge < -0.3 is 20.9 Å². The zero-order chi connectivity index (χ0) is 19.7. The van der Waals surface area contributed by atoms with Gasteiger partial charge in [-0.1, -0.05) is 0 Å². The summed E-state index contributed by atoms with van der Waals surface area (Å²) in [5.74, 6) is -2.89. The summed E-state index contributed by atoms with van der Waals surface area (Å²) in [5.41, 5.74) is 5.06. The van der Waals surface area contributed by atoms with Gasteiger partial charge in [-0.15, -0.1) is 0 Å². The topological polar surface area (TPSA) is 102 Å². The van der Waals surface area contributed by atoms with Gasteiger partial charge in [0.15, 0.2) is 5.82 Å². The minimum Gasteiger partial charge on any atom is -0.368 e. The smallest absolute Gasteiger partial charge is 0.254 e. The number of anilines is 2. The molecule has 140 valence electrons. The zero-order valence-corrected chi connectivity index (χ0v) is 16.2. The Morgan fingerprint density at radius 2 is 2.04 bits per heavy atom. The molecule has 0 saturated heterocycles. The summed E-state index contributed by atoms with van der Waals surface area (Å²) in [5, 5.41) is 4.93. The second-order valence-corrected chi connectivity index (χ2v) is 6.98. The Labute approximate surface area is 166 Å². The predicted octanol–water partition coefficient (Wildman–Crippen LogP) is 2.41. The number of nitrogens with two attached hydrogens (primary N) is 1. The highest BCUT2D eigenvalue weighted by molar-refractivity contribution is 14.1. The maximum absolute atomic E-state index is 15.1. The first-order valence-corrected chi connectivity index (χ1v) is 8.78. The van der Waals surface area contributed by atoms with Crippen LogP contribution in [0.2, 0.25) is 0 Å². The third-order valence-corrected chi connectivity index (χ3v) is 4.49. The van der Waals surface area contributed by atoms with Crippen LogP contribution in [0, 0.1) is 15.2 Å². The molecule has 27 heavy (non-hydrogen) atoms. The number of hydrogen-bond acceptors (Lipinski definition) is 4. The fourth-order valence-electron chi connectivity index (χ4n) is 2.51. The lowest BCUT2D eigenvalue weighted by Gasteiger charge is -2.14. The Morgan fingerprint density at radius 3 is 2.70 bits per heavy atom. The fraction of sp³-hybridized carbons (Fsp3) is 0.118. The molecule has 0 atom stereocenters. The van der Waals surface area contributed by atoms with E-state index in [1.165, 1.54) is 24.5 Å². The Hall–Kier alpha value is -2.76. The lowest BCUT2D eigenvalue weighted by Crippen LogP contribution is -2.33. The van der Waals surface area contributed by atoms with Crippen molar-refractivity contribution in [3.05, 3.63) is 51.4 Å². The molecule has 2 amide bonds. The highest BCUT2D eigenvalue weighted by Gasteiger charge is 2.22. The number of aromatic nitrogens is 2. The van der Waals surface area contributed by atoms with Crippen LogP contribution >= 0.6 is 22.6 Å². The van der Waals surface area contributed by atoms with Gasteiger partial charge in [0, 0.05) is 10.6 Å². The Morgan fingerprint density at radius 1 is 1.30 bits per heavy atom. The van der Waals surface area contributed by atoms with E-state index in [4.69, 9.17) is 5.73 Å². The minimum atomic E-state index is -0.810. The van der Waals surface area contributed by atoms with Crippen molar-refractivity contribution in [1.82, 2.24) is 14.9 Å². The average Bonchev–Trinajstić information content (AvgIpc) is 2.98. The number of aryl methyl sites for hydroxylation is 1. The number of hydrogen-bond donors (Lipinski definition) is 3. The molecule has 3 rings (SSSR count). The quantitative estimate of drug-likeness (QED) is 0.484. The van der Waals surface area contributed by atoms with Crippen LogP contribution in [0.25, 0.3) is 11.0 Å². The molecule has 0 unspecified atom stereocenters. The van der Waals surface area contributed by atoms with Crippen LogP contribution in [0.1, 0.15) is 10.4 Å². The van der Waals surface area contributed by atoms with Crippen molar-refractivity contribution in [2.75, 3.05) is 11.9 Å². The van der Waals surface area contributed by atoms with E-state index in [-0.39, 0.29) is 22.5 Å². The fourth-order valence-corrected chi connectivity index (χ4v) is 2.97. The molecule has 1 aromatic heterocycles. The molecule has 0 aliphatic carbocycles. The number of imidazole rings is 1. The normalized spacial score (nSPS) is 10.8. The number of halogens is 3. The van der Waals surface area contributed by atoms with Crippen LogP contribution in [0.3, 0.4) is 0 Å². The Balaban J connectivity index is 2.13. The summed E-state index contributed by atoms with van der Waals surface area (Å²) < 4.78 is 31.5. The summed E-state index contributed by atoms with van der Waals surface area (Å²) >= 11 is 1.95. The first kappa shape index (κ1) is 19.0. The monoisotopic (exact) mass is 485 g/mol. The molecular formula is C17H14F2IN5O2. The lowest BCUT2D eigenvalue weighted by molar-refractivity contribution is -0.117. The highest BCUT2D eigenvalue weighted by Crippen LogP contribution is 2.31. The van der Waals surface area contributed by atoms with Crippen molar-refractivity contribution in [3.8, 4) is 0 Å². The molecule has 0 saturated carbocycles. The molecule has 0 aliphatic heterocycles. The minimum absolute atomic E-state index is 0.00597. The van der Waals surface area contributed by atoms with Crippen LogP contribution < -0.4 is 16.4 Å². The van der Waals surface area contributed by atoms with Crippen molar-refractivity contribution < 1.29 is 18.4 Å². The Bertz CT molecular complexity index is 1070. The second-order valence-electron chi connectivity index (χ2n) is 5.73. The van der Waals surface area contributed by atoms with E-state index in [0.717, 1.165) is 0 Å². The third-order valence-electron chi connectivity index (χ3n) is 3.82. The van der Waals surface area contributed by atoms with E-state index in [1.807, 2.05) is 22.6 Å². The first-order valence-electron chi connectivity index (χ1n) is 7.70. The molecule has 0 radical (unpaired) electrons. The molecule has 0 spiro atoms. The number of carbonyl (C=O) groups is 2. The van der Waals surface area contributed by atoms with Gasteiger partial charge in [-0.2, -0.15) is 0 Å². The van der Waals surface area contributed by atoms with Crippen molar-refractivity contribution in [2.24, 2.45) is 12.8 Å². The summed E-state index contributed by atoms with van der Waals surface area (Å²) in [6.45, 7) is -0.415. The summed E-state index contributed by atoms with van der Waals surface area (Å²) in [7, 11) is 1.64. The molecule has 2 aromatic carbocycles. The number of carbonyl (C=O) groups excluding carboxylic acids is 2. The molecule has 3 aromatic rings. The van der Waals surface area contributed by atoms with Gasteiger partial charge in [-0.25, -0.2) is 13.8 Å². The first-order chi connectivity index (χ1) is 12.8. The second kappa shape index (κ2) is 7.47. The van der Waals surface area contributed by atoms with E-state index in [2.05, 4.69) is 15.6 Å². The van der Waals surface area contributed by atoms with Crippen molar-refractivity contribution in [2.45, 2.75) is 0 Å². The molecule has 0 bridgehead atoms. The third kappa shape index (κ3) is 3.84. The van der Waals surface area contributed by atoms with Crippen molar-refractivity contribution >= 4 is 56.8 Å². The van der Waals surface area contributed by atoms with Crippen LogP contribution in [0.15, 0.2) is 30.6 Å². The van der Waals surface area contributed by atoms with Gasteiger partial charge in [0.25, 0.3) is 5.91 Å². The van der Waals surface area contributed by atoms with E-state index in [0.29, 0.717) is 9.09 Å². The van der Waals surface area contributed by atoms with E-state index in [9.17, 15) is 14.0 Å². The summed E-state index contributed by atoms with van der Waals surface area (Å²) in [6.07, 6.45) is 1.40. The van der Waals surface area contributed by atoms with Gasteiger partial charge >= 0.3 is 0 Å². The average molecular weight is 485 g/mol. The number of nitrogens with zero attached hydrogens (tertiary/aromatic N) is 2. The van der Waals surface area contributed by atoms with Gasteiger partial charge in [-0.3, -0.25) is 9.59 Å². The number of benzene rings is 2. The Kier molecular flexibility index (Phi) is 5.26. The van der Waals surface area contributed by atoms with E-state index in [1.54, 1.807) is 17.7 Å². The number of fused-ring (bicyclic) bond motifs is 1. The number of nitrogens with one attached hydrogen (secondary N) is 2. The lowest BCUT2D eigenvalue weighted by atomic mass is 10.1. The molecule has 0 fully saturated rings. The van der Waals surface area contributed by atoms with Crippen molar-refractivity contribution in [3.63, 3.8) is 0 Å². The molecule has 7 nitrogen and oxygen atoms in total. The van der Waals surface area contributed by atoms with Crippen LogP contribution in [0.4, 0.5) is 20.2 Å². The molecule has 0 aliphatic rings. The number of primary amides is 1. The summed E-state index contributed by atoms with van der Waals surface area (Å²) in [6, 6.07) is 5.75. The highest BCUT2D eigenvalue weighted by atomic mass is 127. The van der Waals surface area contributed by atoms with Crippen molar-refractivity contribution in [1.29, 1.82) is 0 Å². The zero-order valence-electron chi connectivity index (χ0n) is 14.0.